The molecular weight excluding hydrogens is 259 g/mol. The fourth-order valence-electron chi connectivity index (χ4n) is 1.28. The molecule has 0 amide bonds. The molecule has 1 heterocycles. The van der Waals surface area contributed by atoms with Gasteiger partial charge in [-0.05, 0) is 12.1 Å². The minimum absolute atomic E-state index is 0.0593. The van der Waals surface area contributed by atoms with Crippen molar-refractivity contribution in [1.82, 2.24) is 10.1 Å². The second kappa shape index (κ2) is 5.35. The maximum Gasteiger partial charge on any atom is 0.229 e. The van der Waals surface area contributed by atoms with Crippen LogP contribution in [0.2, 0.25) is 5.02 Å². The van der Waals surface area contributed by atoms with Gasteiger partial charge in [0, 0.05) is 12.0 Å². The topological polar surface area (TPSA) is 48.2 Å². The van der Waals surface area contributed by atoms with E-state index in [-0.39, 0.29) is 17.5 Å². The fraction of sp³-hybridized carbons (Fsp3) is 0.333. The predicted molar refractivity (Wildman–Crippen MR) is 64.1 cm³/mol. The van der Waals surface area contributed by atoms with Crippen LogP contribution in [0.4, 0.5) is 4.39 Å². The van der Waals surface area contributed by atoms with E-state index in [0.717, 1.165) is 0 Å². The van der Waals surface area contributed by atoms with Crippen LogP contribution >= 0.6 is 11.6 Å². The molecule has 0 radical (unpaired) electrons. The number of benzene rings is 1. The van der Waals surface area contributed by atoms with Crippen LogP contribution < -0.4 is 4.74 Å². The number of aromatic nitrogens is 2. The Balaban J connectivity index is 2.00. The van der Waals surface area contributed by atoms with Crippen molar-refractivity contribution in [3.63, 3.8) is 0 Å². The molecule has 2 aromatic rings. The Morgan fingerprint density at radius 1 is 1.44 bits per heavy atom. The molecule has 0 atom stereocenters. The first-order valence-corrected chi connectivity index (χ1v) is 5.84. The number of ether oxygens (including phenoxy) is 1. The third-order valence-electron chi connectivity index (χ3n) is 2.24. The van der Waals surface area contributed by atoms with E-state index in [1.54, 1.807) is 6.07 Å². The molecule has 0 N–H and O–H groups in total. The van der Waals surface area contributed by atoms with E-state index in [1.165, 1.54) is 12.1 Å². The summed E-state index contributed by atoms with van der Waals surface area (Å²) in [5, 5.41) is 3.82. The summed E-state index contributed by atoms with van der Waals surface area (Å²) in [6, 6.07) is 4.22. The Kier molecular flexibility index (Phi) is 3.81. The molecule has 0 saturated heterocycles. The van der Waals surface area contributed by atoms with Crippen LogP contribution in [0.15, 0.2) is 22.7 Å². The number of hydrogen-bond acceptors (Lipinski definition) is 4. The maximum atomic E-state index is 13.2. The van der Waals surface area contributed by atoms with Crippen molar-refractivity contribution in [2.75, 3.05) is 0 Å². The van der Waals surface area contributed by atoms with Crippen molar-refractivity contribution in [2.24, 2.45) is 0 Å². The zero-order chi connectivity index (χ0) is 13.1. The van der Waals surface area contributed by atoms with Crippen LogP contribution in [0.1, 0.15) is 31.5 Å². The van der Waals surface area contributed by atoms with E-state index in [9.17, 15) is 4.39 Å². The molecule has 4 nitrogen and oxygen atoms in total. The van der Waals surface area contributed by atoms with Gasteiger partial charge in [-0.1, -0.05) is 30.6 Å². The molecule has 1 aromatic carbocycles. The molecule has 0 fully saturated rings. The molecular formula is C12H12ClFN2O2. The Hall–Kier alpha value is -1.62. The zero-order valence-corrected chi connectivity index (χ0v) is 10.7. The highest BCUT2D eigenvalue weighted by atomic mass is 35.5. The lowest BCUT2D eigenvalue weighted by Crippen LogP contribution is -1.98. The lowest BCUT2D eigenvalue weighted by atomic mass is 10.2. The molecule has 0 aliphatic heterocycles. The summed E-state index contributed by atoms with van der Waals surface area (Å²) in [5.41, 5.74) is 0. The predicted octanol–water partition coefficient (Wildman–Crippen LogP) is 3.56. The molecule has 1 aromatic heterocycles. The van der Waals surface area contributed by atoms with Gasteiger partial charge in [0.2, 0.25) is 11.7 Å². The summed E-state index contributed by atoms with van der Waals surface area (Å²) in [5.74, 6) is 0.988. The SMILES string of the molecule is CC(C)c1nc(COc2ccc(Cl)c(F)c2)no1. The quantitative estimate of drug-likeness (QED) is 0.852. The van der Waals surface area contributed by atoms with Gasteiger partial charge in [-0.25, -0.2) is 4.39 Å². The van der Waals surface area contributed by atoms with Gasteiger partial charge in [0.15, 0.2) is 6.61 Å². The molecule has 0 aliphatic rings. The van der Waals surface area contributed by atoms with Crippen molar-refractivity contribution in [3.8, 4) is 5.75 Å². The molecule has 0 bridgehead atoms. The molecule has 0 unspecified atom stereocenters. The minimum atomic E-state index is -0.523. The van der Waals surface area contributed by atoms with Gasteiger partial charge < -0.3 is 9.26 Å². The first-order valence-electron chi connectivity index (χ1n) is 5.46. The van der Waals surface area contributed by atoms with Gasteiger partial charge in [-0.2, -0.15) is 4.98 Å². The van der Waals surface area contributed by atoms with Gasteiger partial charge >= 0.3 is 0 Å². The molecule has 2 rings (SSSR count). The minimum Gasteiger partial charge on any atom is -0.485 e. The van der Waals surface area contributed by atoms with Gasteiger partial charge in [-0.3, -0.25) is 0 Å². The van der Waals surface area contributed by atoms with E-state index in [1.807, 2.05) is 13.8 Å². The van der Waals surface area contributed by atoms with Gasteiger partial charge in [0.05, 0.1) is 5.02 Å². The van der Waals surface area contributed by atoms with Gasteiger partial charge in [-0.15, -0.1) is 0 Å². The Labute approximate surface area is 109 Å². The average Bonchev–Trinajstić information content (AvgIpc) is 2.79. The molecule has 96 valence electrons. The lowest BCUT2D eigenvalue weighted by Gasteiger charge is -2.03. The summed E-state index contributed by atoms with van der Waals surface area (Å²) in [6.07, 6.45) is 0. The van der Waals surface area contributed by atoms with Crippen LogP contribution in [-0.2, 0) is 6.61 Å². The maximum absolute atomic E-state index is 13.2. The van der Waals surface area contributed by atoms with E-state index in [0.29, 0.717) is 17.5 Å². The third kappa shape index (κ3) is 2.98. The summed E-state index contributed by atoms with van der Waals surface area (Å²) in [7, 11) is 0. The van der Waals surface area contributed by atoms with E-state index in [2.05, 4.69) is 10.1 Å². The standard InChI is InChI=1S/C12H12ClFN2O2/c1-7(2)12-15-11(16-18-12)6-17-8-3-4-9(13)10(14)5-8/h3-5,7H,6H2,1-2H3. The normalized spacial score (nSPS) is 10.9. The largest absolute Gasteiger partial charge is 0.485 e. The molecule has 18 heavy (non-hydrogen) atoms. The highest BCUT2D eigenvalue weighted by molar-refractivity contribution is 6.30. The van der Waals surface area contributed by atoms with Crippen molar-refractivity contribution in [2.45, 2.75) is 26.4 Å². The fourth-order valence-corrected chi connectivity index (χ4v) is 1.39. The number of halogens is 2. The van der Waals surface area contributed by atoms with Gasteiger partial charge in [0.25, 0.3) is 0 Å². The van der Waals surface area contributed by atoms with Crippen LogP contribution in [0, 0.1) is 5.82 Å². The average molecular weight is 271 g/mol. The molecule has 0 aliphatic carbocycles. The number of hydrogen-bond donors (Lipinski definition) is 0. The first kappa shape index (κ1) is 12.8. The van der Waals surface area contributed by atoms with Crippen LogP contribution in [-0.4, -0.2) is 10.1 Å². The Morgan fingerprint density at radius 2 is 2.22 bits per heavy atom. The van der Waals surface area contributed by atoms with E-state index < -0.39 is 5.82 Å². The molecule has 6 heteroatoms. The van der Waals surface area contributed by atoms with E-state index in [4.69, 9.17) is 20.9 Å². The summed E-state index contributed by atoms with van der Waals surface area (Å²) < 4.78 is 23.5. The number of rotatable bonds is 4. The summed E-state index contributed by atoms with van der Waals surface area (Å²) in [4.78, 5) is 4.14. The van der Waals surface area contributed by atoms with E-state index >= 15 is 0 Å². The second-order valence-corrected chi connectivity index (χ2v) is 4.48. The van der Waals surface area contributed by atoms with Crippen molar-refractivity contribution < 1.29 is 13.7 Å². The molecule has 0 spiro atoms. The van der Waals surface area contributed by atoms with Crippen molar-refractivity contribution in [3.05, 3.63) is 40.8 Å². The van der Waals surface area contributed by atoms with Crippen LogP contribution in [0.5, 0.6) is 5.75 Å². The lowest BCUT2D eigenvalue weighted by molar-refractivity contribution is 0.283. The van der Waals surface area contributed by atoms with Crippen molar-refractivity contribution >= 4 is 11.6 Å². The zero-order valence-electron chi connectivity index (χ0n) is 9.98. The number of nitrogens with zero attached hydrogens (tertiary/aromatic N) is 2. The smallest absolute Gasteiger partial charge is 0.229 e. The second-order valence-electron chi connectivity index (χ2n) is 4.07. The monoisotopic (exact) mass is 270 g/mol. The van der Waals surface area contributed by atoms with Crippen molar-refractivity contribution in [1.29, 1.82) is 0 Å². The van der Waals surface area contributed by atoms with Crippen LogP contribution in [0.3, 0.4) is 0 Å². The highest BCUT2D eigenvalue weighted by Gasteiger charge is 2.10. The molecule has 0 saturated carbocycles. The first-order chi connectivity index (χ1) is 8.56. The highest BCUT2D eigenvalue weighted by Crippen LogP contribution is 2.21. The van der Waals surface area contributed by atoms with Crippen LogP contribution in [0.25, 0.3) is 0 Å². The Morgan fingerprint density at radius 3 is 2.83 bits per heavy atom. The summed E-state index contributed by atoms with van der Waals surface area (Å²) in [6.45, 7) is 4.02. The third-order valence-corrected chi connectivity index (χ3v) is 2.54. The summed E-state index contributed by atoms with van der Waals surface area (Å²) >= 11 is 5.57. The Bertz CT molecular complexity index is 543. The van der Waals surface area contributed by atoms with Gasteiger partial charge in [0.1, 0.15) is 11.6 Å².